The highest BCUT2D eigenvalue weighted by Gasteiger charge is 2.51. The molecule has 0 spiro atoms. The SMILES string of the molecule is CC(=S)NCC1(C)CCC[C@]2(C)c3ccc(C(C)C)cc3CCC12. The topological polar surface area (TPSA) is 12.0 Å². The van der Waals surface area contributed by atoms with Crippen LogP contribution in [0.2, 0.25) is 0 Å². The quantitative estimate of drug-likeness (QED) is 0.701. The van der Waals surface area contributed by atoms with Crippen molar-refractivity contribution < 1.29 is 0 Å². The molecule has 0 heterocycles. The summed E-state index contributed by atoms with van der Waals surface area (Å²) in [5.41, 5.74) is 5.41. The molecule has 1 nitrogen and oxygen atoms in total. The van der Waals surface area contributed by atoms with E-state index < -0.39 is 0 Å². The maximum Gasteiger partial charge on any atom is 0.0722 e. The van der Waals surface area contributed by atoms with E-state index in [1.807, 2.05) is 6.92 Å². The molecule has 2 aliphatic carbocycles. The number of benzene rings is 1. The third-order valence-corrected chi connectivity index (χ3v) is 7.05. The summed E-state index contributed by atoms with van der Waals surface area (Å²) in [7, 11) is 0. The Hall–Kier alpha value is -0.890. The van der Waals surface area contributed by atoms with Crippen LogP contribution in [0.5, 0.6) is 0 Å². The van der Waals surface area contributed by atoms with Gasteiger partial charge in [0, 0.05) is 6.54 Å². The minimum Gasteiger partial charge on any atom is -0.379 e. The molecule has 0 amide bonds. The molecule has 0 saturated heterocycles. The lowest BCUT2D eigenvalue weighted by atomic mass is 9.49. The molecule has 0 aliphatic heterocycles. The van der Waals surface area contributed by atoms with Gasteiger partial charge in [-0.25, -0.2) is 0 Å². The molecule has 24 heavy (non-hydrogen) atoms. The fourth-order valence-electron chi connectivity index (χ4n) is 5.54. The van der Waals surface area contributed by atoms with Gasteiger partial charge >= 0.3 is 0 Å². The smallest absolute Gasteiger partial charge is 0.0722 e. The van der Waals surface area contributed by atoms with E-state index in [2.05, 4.69) is 51.2 Å². The Bertz CT molecular complexity index is 635. The summed E-state index contributed by atoms with van der Waals surface area (Å²) in [5, 5.41) is 3.49. The number of fused-ring (bicyclic) bond motifs is 3. The zero-order chi connectivity index (χ0) is 17.5. The molecule has 0 aromatic heterocycles. The van der Waals surface area contributed by atoms with Gasteiger partial charge in [0.15, 0.2) is 0 Å². The normalized spacial score (nSPS) is 32.2. The second kappa shape index (κ2) is 6.44. The van der Waals surface area contributed by atoms with E-state index in [9.17, 15) is 0 Å². The van der Waals surface area contributed by atoms with E-state index in [1.165, 1.54) is 37.7 Å². The lowest BCUT2D eigenvalue weighted by Crippen LogP contribution is -2.53. The molecular formula is C22H33NS. The van der Waals surface area contributed by atoms with E-state index in [0.29, 0.717) is 16.7 Å². The first-order chi connectivity index (χ1) is 11.3. The number of rotatable bonds is 3. The molecule has 1 aromatic carbocycles. The first kappa shape index (κ1) is 17.9. The Morgan fingerprint density at radius 2 is 2.04 bits per heavy atom. The summed E-state index contributed by atoms with van der Waals surface area (Å²) in [6.45, 7) is 12.7. The van der Waals surface area contributed by atoms with Crippen molar-refractivity contribution in [2.45, 2.75) is 78.1 Å². The predicted octanol–water partition coefficient (Wildman–Crippen LogP) is 5.76. The number of nitrogens with one attached hydrogen (secondary N) is 1. The van der Waals surface area contributed by atoms with Gasteiger partial charge in [-0.2, -0.15) is 0 Å². The summed E-state index contributed by atoms with van der Waals surface area (Å²) < 4.78 is 0. The molecule has 2 unspecified atom stereocenters. The van der Waals surface area contributed by atoms with Crippen molar-refractivity contribution in [1.82, 2.24) is 5.32 Å². The van der Waals surface area contributed by atoms with Crippen LogP contribution in [-0.2, 0) is 11.8 Å². The fourth-order valence-corrected chi connectivity index (χ4v) is 5.61. The van der Waals surface area contributed by atoms with Crippen LogP contribution in [0, 0.1) is 11.3 Å². The molecule has 132 valence electrons. The second-order valence-electron chi connectivity index (χ2n) is 9.00. The van der Waals surface area contributed by atoms with Gasteiger partial charge in [0.2, 0.25) is 0 Å². The van der Waals surface area contributed by atoms with Gasteiger partial charge in [0.1, 0.15) is 0 Å². The summed E-state index contributed by atoms with van der Waals surface area (Å²) in [5.74, 6) is 1.37. The Kier molecular flexibility index (Phi) is 4.81. The molecule has 0 radical (unpaired) electrons. The molecule has 2 aliphatic rings. The minimum absolute atomic E-state index is 0.327. The van der Waals surface area contributed by atoms with E-state index in [-0.39, 0.29) is 0 Å². The van der Waals surface area contributed by atoms with Gasteiger partial charge in [0.25, 0.3) is 0 Å². The van der Waals surface area contributed by atoms with Gasteiger partial charge in [0.05, 0.1) is 4.99 Å². The predicted molar refractivity (Wildman–Crippen MR) is 108 cm³/mol. The molecule has 3 atom stereocenters. The first-order valence-electron chi connectivity index (χ1n) is 9.64. The van der Waals surface area contributed by atoms with Crippen LogP contribution in [-0.4, -0.2) is 11.5 Å². The molecule has 3 rings (SSSR count). The largest absolute Gasteiger partial charge is 0.379 e. The molecule has 1 fully saturated rings. The summed E-state index contributed by atoms with van der Waals surface area (Å²) >= 11 is 5.28. The van der Waals surface area contributed by atoms with Crippen molar-refractivity contribution in [3.8, 4) is 0 Å². The van der Waals surface area contributed by atoms with Crippen LogP contribution in [0.3, 0.4) is 0 Å². The van der Waals surface area contributed by atoms with Gasteiger partial charge in [-0.3, -0.25) is 0 Å². The molecule has 1 saturated carbocycles. The Balaban J connectivity index is 1.95. The highest BCUT2D eigenvalue weighted by molar-refractivity contribution is 7.80. The van der Waals surface area contributed by atoms with Crippen molar-refractivity contribution in [3.63, 3.8) is 0 Å². The van der Waals surface area contributed by atoms with Crippen molar-refractivity contribution in [2.24, 2.45) is 11.3 Å². The highest BCUT2D eigenvalue weighted by atomic mass is 32.1. The minimum atomic E-state index is 0.327. The zero-order valence-corrected chi connectivity index (χ0v) is 16.9. The highest BCUT2D eigenvalue weighted by Crippen LogP contribution is 2.57. The van der Waals surface area contributed by atoms with Gasteiger partial charge in [-0.05, 0) is 72.0 Å². The summed E-state index contributed by atoms with van der Waals surface area (Å²) in [4.78, 5) is 0.932. The Labute approximate surface area is 153 Å². The molecule has 1 N–H and O–H groups in total. The van der Waals surface area contributed by atoms with Gasteiger partial charge in [-0.15, -0.1) is 0 Å². The van der Waals surface area contributed by atoms with E-state index in [1.54, 1.807) is 11.1 Å². The maximum absolute atomic E-state index is 5.28. The lowest BCUT2D eigenvalue weighted by Gasteiger charge is -2.55. The number of hydrogen-bond donors (Lipinski definition) is 1. The van der Waals surface area contributed by atoms with Crippen LogP contribution >= 0.6 is 12.2 Å². The monoisotopic (exact) mass is 343 g/mol. The third-order valence-electron chi connectivity index (χ3n) is 6.91. The van der Waals surface area contributed by atoms with E-state index in [0.717, 1.165) is 17.5 Å². The van der Waals surface area contributed by atoms with E-state index >= 15 is 0 Å². The van der Waals surface area contributed by atoms with Crippen LogP contribution in [0.4, 0.5) is 0 Å². The van der Waals surface area contributed by atoms with Gasteiger partial charge in [-0.1, -0.05) is 64.5 Å². The number of hydrogen-bond acceptors (Lipinski definition) is 1. The van der Waals surface area contributed by atoms with Crippen LogP contribution in [0.25, 0.3) is 0 Å². The average molecular weight is 344 g/mol. The van der Waals surface area contributed by atoms with Crippen molar-refractivity contribution >= 4 is 17.2 Å². The molecule has 2 heteroatoms. The number of aryl methyl sites for hydroxylation is 1. The van der Waals surface area contributed by atoms with Gasteiger partial charge < -0.3 is 5.32 Å². The van der Waals surface area contributed by atoms with Crippen molar-refractivity contribution in [2.75, 3.05) is 6.54 Å². The van der Waals surface area contributed by atoms with Crippen LogP contribution in [0.15, 0.2) is 18.2 Å². The average Bonchev–Trinajstić information content (AvgIpc) is 2.52. The maximum atomic E-state index is 5.28. The number of thiocarbonyl (C=S) groups is 1. The molecule has 0 bridgehead atoms. The second-order valence-corrected chi connectivity index (χ2v) is 9.61. The standard InChI is InChI=1S/C22H33NS/c1-15(2)17-7-9-19-18(13-17)8-10-20-21(4,14-23-16(3)24)11-6-12-22(19,20)5/h7,9,13,15,20H,6,8,10-12,14H2,1-5H3,(H,23,24)/t20?,21?,22-/m1/s1. The van der Waals surface area contributed by atoms with Crippen LogP contribution in [0.1, 0.15) is 82.9 Å². The first-order valence-corrected chi connectivity index (χ1v) is 10.0. The van der Waals surface area contributed by atoms with Crippen LogP contribution < -0.4 is 5.32 Å². The molecular weight excluding hydrogens is 310 g/mol. The molecule has 1 aromatic rings. The Morgan fingerprint density at radius 3 is 2.71 bits per heavy atom. The summed E-state index contributed by atoms with van der Waals surface area (Å²) in [6, 6.07) is 7.33. The Morgan fingerprint density at radius 1 is 1.29 bits per heavy atom. The fraction of sp³-hybridized carbons (Fsp3) is 0.682. The van der Waals surface area contributed by atoms with Crippen molar-refractivity contribution in [1.29, 1.82) is 0 Å². The lowest BCUT2D eigenvalue weighted by molar-refractivity contribution is 0.0294. The van der Waals surface area contributed by atoms with Crippen molar-refractivity contribution in [3.05, 3.63) is 34.9 Å². The van der Waals surface area contributed by atoms with E-state index in [4.69, 9.17) is 12.2 Å². The third kappa shape index (κ3) is 3.03. The summed E-state index contributed by atoms with van der Waals surface area (Å²) in [6.07, 6.45) is 6.54. The zero-order valence-electron chi connectivity index (χ0n) is 16.0.